The average Bonchev–Trinajstić information content (AvgIpc) is 3.49. The Morgan fingerprint density at radius 1 is 1.08 bits per heavy atom. The number of fused-ring (bicyclic) bond motifs is 8. The zero-order valence-electron chi connectivity index (χ0n) is 16.2. The number of carbonyl (C=O) groups excluding carboxylic acids is 1. The lowest BCUT2D eigenvalue weighted by molar-refractivity contribution is -0.117. The first kappa shape index (κ1) is 15.1. The summed E-state index contributed by atoms with van der Waals surface area (Å²) in [5.41, 5.74) is 3.03. The van der Waals surface area contributed by atoms with Crippen molar-refractivity contribution >= 4 is 12.0 Å². The van der Waals surface area contributed by atoms with Gasteiger partial charge in [-0.25, -0.2) is 0 Å². The van der Waals surface area contributed by atoms with Crippen molar-refractivity contribution in [2.45, 2.75) is 71.3 Å². The van der Waals surface area contributed by atoms with Gasteiger partial charge in [-0.15, -0.1) is 0 Å². The second-order valence-corrected chi connectivity index (χ2v) is 11.5. The molecule has 26 heavy (non-hydrogen) atoms. The molecule has 0 aromatic heterocycles. The predicted molar refractivity (Wildman–Crippen MR) is 102 cm³/mol. The fraction of sp³-hybridized carbons (Fsp3) is 0.833. The summed E-state index contributed by atoms with van der Waals surface area (Å²) in [7, 11) is 0. The van der Waals surface area contributed by atoms with Gasteiger partial charge in [-0.1, -0.05) is 19.4 Å². The number of allylic oxidation sites excluding steroid dienone is 1. The molecule has 0 amide bonds. The summed E-state index contributed by atoms with van der Waals surface area (Å²) in [5.74, 6) is 5.86. The highest BCUT2D eigenvalue weighted by molar-refractivity contribution is 5.91. The predicted octanol–water partition coefficient (Wildman–Crippen LogP) is 4.83. The highest BCUT2D eigenvalue weighted by atomic mass is 16.1. The zero-order valence-corrected chi connectivity index (χ0v) is 16.2. The Morgan fingerprint density at radius 2 is 1.88 bits per heavy atom. The number of carbonyl (C=O) groups is 1. The third-order valence-electron chi connectivity index (χ3n) is 11.0. The van der Waals surface area contributed by atoms with Crippen LogP contribution in [0, 0.1) is 51.8 Å². The zero-order chi connectivity index (χ0) is 17.5. The van der Waals surface area contributed by atoms with E-state index in [-0.39, 0.29) is 0 Å². The molecular formula is C24H31NO. The lowest BCUT2D eigenvalue weighted by Crippen LogP contribution is -2.54. The van der Waals surface area contributed by atoms with Gasteiger partial charge in [0.1, 0.15) is 0 Å². The van der Waals surface area contributed by atoms with Gasteiger partial charge < -0.3 is 0 Å². The Morgan fingerprint density at radius 3 is 2.62 bits per heavy atom. The molecule has 9 atom stereocenters. The summed E-state index contributed by atoms with van der Waals surface area (Å²) in [4.78, 5) is 16.9. The summed E-state index contributed by atoms with van der Waals surface area (Å²) in [6.45, 7) is 5.27. The largest absolute Gasteiger partial charge is 0.295 e. The fourth-order valence-corrected chi connectivity index (χ4v) is 9.43. The summed E-state index contributed by atoms with van der Waals surface area (Å²) in [6.07, 6.45) is 14.8. The van der Waals surface area contributed by atoms with Crippen LogP contribution < -0.4 is 0 Å². The molecule has 6 aliphatic carbocycles. The number of hydrogen-bond acceptors (Lipinski definition) is 2. The smallest absolute Gasteiger partial charge is 0.155 e. The lowest BCUT2D eigenvalue weighted by Gasteiger charge is -2.59. The van der Waals surface area contributed by atoms with Gasteiger partial charge >= 0.3 is 0 Å². The molecule has 2 heteroatoms. The SMILES string of the molecule is C[C@]12CC[C@H]3[C@@H](CC4(CC4)C4=CC(=O)CC[C@@H]43)[C@@H]1[C@@H]1C[C@@H]1[C@]2(C)C1C=N1. The molecule has 1 heterocycles. The third kappa shape index (κ3) is 1.52. The van der Waals surface area contributed by atoms with Gasteiger partial charge in [0.05, 0.1) is 6.04 Å². The topological polar surface area (TPSA) is 29.4 Å². The van der Waals surface area contributed by atoms with E-state index in [0.29, 0.717) is 28.1 Å². The summed E-state index contributed by atoms with van der Waals surface area (Å²) < 4.78 is 0. The number of hydrogen-bond donors (Lipinski definition) is 0. The van der Waals surface area contributed by atoms with Crippen LogP contribution in [0.1, 0.15) is 65.2 Å². The van der Waals surface area contributed by atoms with E-state index < -0.39 is 0 Å². The summed E-state index contributed by atoms with van der Waals surface area (Å²) >= 11 is 0. The minimum atomic E-state index is 0.420. The van der Waals surface area contributed by atoms with Crippen molar-refractivity contribution < 1.29 is 4.79 Å². The molecule has 0 N–H and O–H groups in total. The quantitative estimate of drug-likeness (QED) is 0.666. The number of aliphatic imine (C=N–C) groups is 1. The van der Waals surface area contributed by atoms with Gasteiger partial charge in [0.25, 0.3) is 0 Å². The monoisotopic (exact) mass is 349 g/mol. The average molecular weight is 350 g/mol. The van der Waals surface area contributed by atoms with E-state index >= 15 is 0 Å². The molecule has 5 fully saturated rings. The molecule has 1 unspecified atom stereocenters. The maximum absolute atomic E-state index is 12.2. The van der Waals surface area contributed by atoms with Crippen LogP contribution in [0.3, 0.4) is 0 Å². The molecule has 5 saturated carbocycles. The van der Waals surface area contributed by atoms with Gasteiger partial charge in [0.15, 0.2) is 5.78 Å². The molecular weight excluding hydrogens is 318 g/mol. The number of nitrogens with zero attached hydrogens (tertiary/aromatic N) is 1. The van der Waals surface area contributed by atoms with Crippen LogP contribution in [0.5, 0.6) is 0 Å². The van der Waals surface area contributed by atoms with Crippen molar-refractivity contribution in [1.82, 2.24) is 0 Å². The normalized spacial score (nSPS) is 59.8. The van der Waals surface area contributed by atoms with Gasteiger partial charge in [0, 0.05) is 18.1 Å². The first-order valence-electron chi connectivity index (χ1n) is 11.3. The van der Waals surface area contributed by atoms with Crippen molar-refractivity contribution in [2.75, 3.05) is 0 Å². The molecule has 1 aliphatic heterocycles. The Hall–Kier alpha value is -0.920. The minimum Gasteiger partial charge on any atom is -0.295 e. The minimum absolute atomic E-state index is 0.420. The van der Waals surface area contributed by atoms with Crippen LogP contribution >= 0.6 is 0 Å². The Bertz CT molecular complexity index is 784. The first-order chi connectivity index (χ1) is 12.5. The standard InChI is InChI=1S/C24H31NO/c1-22-6-5-14-15-4-3-13(26)9-19(15)24(7-8-24)11-17(14)21(22)16-10-18(16)23(22,2)20-12-25-20/h9,12,14-18,20-21H,3-8,10-11H2,1-2H3/t14-,15-,16-,17-,18+,20?,21+,22+,23-/m1/s1. The molecule has 2 nitrogen and oxygen atoms in total. The van der Waals surface area contributed by atoms with Crippen LogP contribution in [0.4, 0.5) is 0 Å². The highest BCUT2D eigenvalue weighted by Crippen LogP contribution is 2.82. The Labute approximate surface area is 156 Å². The van der Waals surface area contributed by atoms with Crippen LogP contribution in [0.2, 0.25) is 0 Å². The molecule has 138 valence electrons. The van der Waals surface area contributed by atoms with Gasteiger partial charge in [-0.05, 0) is 97.4 Å². The number of rotatable bonds is 1. The summed E-state index contributed by atoms with van der Waals surface area (Å²) in [5, 5.41) is 0. The Kier molecular flexibility index (Phi) is 2.45. The van der Waals surface area contributed by atoms with E-state index in [9.17, 15) is 4.79 Å². The molecule has 0 saturated heterocycles. The van der Waals surface area contributed by atoms with Crippen LogP contribution in [0.15, 0.2) is 16.6 Å². The van der Waals surface area contributed by atoms with Crippen molar-refractivity contribution in [3.05, 3.63) is 11.6 Å². The highest BCUT2D eigenvalue weighted by Gasteiger charge is 2.77. The van der Waals surface area contributed by atoms with Gasteiger partial charge in [-0.2, -0.15) is 0 Å². The van der Waals surface area contributed by atoms with E-state index in [1.165, 1.54) is 38.5 Å². The number of ketones is 1. The maximum Gasteiger partial charge on any atom is 0.155 e. The van der Waals surface area contributed by atoms with Crippen molar-refractivity contribution in [2.24, 2.45) is 56.7 Å². The molecule has 0 bridgehead atoms. The first-order valence-corrected chi connectivity index (χ1v) is 11.3. The van der Waals surface area contributed by atoms with E-state index in [4.69, 9.17) is 4.99 Å². The van der Waals surface area contributed by atoms with Crippen LogP contribution in [-0.4, -0.2) is 18.0 Å². The van der Waals surface area contributed by atoms with E-state index in [1.807, 2.05) is 0 Å². The van der Waals surface area contributed by atoms with Crippen molar-refractivity contribution in [3.63, 3.8) is 0 Å². The Balaban J connectivity index is 1.31. The second kappa shape index (κ2) is 4.23. The van der Waals surface area contributed by atoms with Gasteiger partial charge in [0.2, 0.25) is 0 Å². The maximum atomic E-state index is 12.2. The third-order valence-corrected chi connectivity index (χ3v) is 11.0. The molecule has 0 aromatic carbocycles. The van der Waals surface area contributed by atoms with E-state index in [0.717, 1.165) is 48.3 Å². The van der Waals surface area contributed by atoms with Gasteiger partial charge in [-0.3, -0.25) is 9.79 Å². The second-order valence-electron chi connectivity index (χ2n) is 11.5. The van der Waals surface area contributed by atoms with Crippen molar-refractivity contribution in [1.29, 1.82) is 0 Å². The molecule has 0 aromatic rings. The lowest BCUT2D eigenvalue weighted by atomic mass is 9.45. The molecule has 0 radical (unpaired) electrons. The van der Waals surface area contributed by atoms with E-state index in [1.54, 1.807) is 5.57 Å². The van der Waals surface area contributed by atoms with E-state index in [2.05, 4.69) is 26.1 Å². The van der Waals surface area contributed by atoms with Crippen LogP contribution in [0.25, 0.3) is 0 Å². The van der Waals surface area contributed by atoms with Crippen LogP contribution in [-0.2, 0) is 4.79 Å². The fourth-order valence-electron chi connectivity index (χ4n) is 9.43. The van der Waals surface area contributed by atoms with Crippen molar-refractivity contribution in [3.8, 4) is 0 Å². The molecule has 7 aliphatic rings. The summed E-state index contributed by atoms with van der Waals surface area (Å²) in [6, 6.07) is 0.560. The molecule has 7 rings (SSSR count). The molecule has 1 spiro atoms.